The van der Waals surface area contributed by atoms with Crippen LogP contribution in [0.4, 0.5) is 0 Å². The van der Waals surface area contributed by atoms with Gasteiger partial charge in [0.15, 0.2) is 5.16 Å². The summed E-state index contributed by atoms with van der Waals surface area (Å²) in [6.07, 6.45) is 1.91. The second-order valence-electron chi connectivity index (χ2n) is 7.26. The maximum absolute atomic E-state index is 12.8. The fourth-order valence-corrected chi connectivity index (χ4v) is 5.36. The lowest BCUT2D eigenvalue weighted by Crippen LogP contribution is -2.29. The molecule has 0 fully saturated rings. The second kappa shape index (κ2) is 7.76. The summed E-state index contributed by atoms with van der Waals surface area (Å²) in [5, 5.41) is 1.08. The third-order valence-electron chi connectivity index (χ3n) is 5.30. The normalized spacial score (nSPS) is 14.7. The summed E-state index contributed by atoms with van der Waals surface area (Å²) >= 11 is 2.70. The molecule has 4 rings (SSSR count). The van der Waals surface area contributed by atoms with Gasteiger partial charge in [-0.1, -0.05) is 44.2 Å². The van der Waals surface area contributed by atoms with Crippen LogP contribution in [0.1, 0.15) is 51.4 Å². The summed E-state index contributed by atoms with van der Waals surface area (Å²) in [4.78, 5) is 48.1. The first-order chi connectivity index (χ1) is 13.9. The van der Waals surface area contributed by atoms with E-state index in [1.54, 1.807) is 24.3 Å². The highest BCUT2D eigenvalue weighted by Gasteiger charge is 2.35. The van der Waals surface area contributed by atoms with Crippen molar-refractivity contribution in [3.63, 3.8) is 0 Å². The van der Waals surface area contributed by atoms with Gasteiger partial charge < -0.3 is 4.98 Å². The molecule has 0 radical (unpaired) electrons. The molecule has 2 aromatic heterocycles. The van der Waals surface area contributed by atoms with E-state index in [1.807, 2.05) is 6.92 Å². The number of aryl methyl sites for hydroxylation is 1. The number of benzene rings is 1. The Kier molecular flexibility index (Phi) is 5.31. The molecular formula is C21H21N3O3S2. The van der Waals surface area contributed by atoms with Gasteiger partial charge in [-0.05, 0) is 37.0 Å². The van der Waals surface area contributed by atoms with E-state index in [-0.39, 0.29) is 23.3 Å². The lowest BCUT2D eigenvalue weighted by molar-refractivity contribution is 0.0684. The number of fused-ring (bicyclic) bond motifs is 2. The van der Waals surface area contributed by atoms with Crippen LogP contribution < -0.4 is 5.56 Å². The maximum atomic E-state index is 12.8. The number of hydrogen-bond acceptors (Lipinski definition) is 6. The van der Waals surface area contributed by atoms with E-state index < -0.39 is 0 Å². The number of thioether (sulfide) groups is 1. The van der Waals surface area contributed by atoms with Crippen molar-refractivity contribution < 1.29 is 9.59 Å². The topological polar surface area (TPSA) is 83.1 Å². The monoisotopic (exact) mass is 427 g/mol. The molecule has 0 saturated heterocycles. The minimum atomic E-state index is -0.315. The molecule has 1 aromatic carbocycles. The van der Waals surface area contributed by atoms with Crippen molar-refractivity contribution in [1.29, 1.82) is 0 Å². The number of hydrogen-bond donors (Lipinski definition) is 1. The molecule has 1 N–H and O–H groups in total. The van der Waals surface area contributed by atoms with E-state index in [1.165, 1.54) is 28.0 Å². The number of nitrogens with zero attached hydrogens (tertiary/aromatic N) is 2. The van der Waals surface area contributed by atoms with Gasteiger partial charge in [-0.2, -0.15) is 0 Å². The number of H-pyrrole nitrogens is 1. The molecule has 0 bridgehead atoms. The number of amides is 2. The van der Waals surface area contributed by atoms with Crippen LogP contribution in [0.3, 0.4) is 0 Å². The van der Waals surface area contributed by atoms with Crippen molar-refractivity contribution in [3.05, 3.63) is 56.2 Å². The zero-order valence-corrected chi connectivity index (χ0v) is 18.1. The Morgan fingerprint density at radius 1 is 1.17 bits per heavy atom. The van der Waals surface area contributed by atoms with Gasteiger partial charge in [0.25, 0.3) is 17.4 Å². The average molecular weight is 428 g/mol. The van der Waals surface area contributed by atoms with Gasteiger partial charge in [0.2, 0.25) is 0 Å². The van der Waals surface area contributed by atoms with Gasteiger partial charge in [0.05, 0.1) is 22.4 Å². The first-order valence-electron chi connectivity index (χ1n) is 9.51. The van der Waals surface area contributed by atoms with Crippen molar-refractivity contribution >= 4 is 45.1 Å². The van der Waals surface area contributed by atoms with Crippen LogP contribution in [0.25, 0.3) is 10.2 Å². The Hall–Kier alpha value is -2.45. The molecule has 29 heavy (non-hydrogen) atoms. The molecule has 0 spiro atoms. The zero-order chi connectivity index (χ0) is 20.7. The van der Waals surface area contributed by atoms with Crippen LogP contribution in [0, 0.1) is 12.8 Å². The lowest BCUT2D eigenvalue weighted by Gasteiger charge is -2.12. The van der Waals surface area contributed by atoms with Crippen LogP contribution in [-0.4, -0.2) is 32.6 Å². The quantitative estimate of drug-likeness (QED) is 0.362. The Morgan fingerprint density at radius 3 is 2.45 bits per heavy atom. The van der Waals surface area contributed by atoms with Crippen molar-refractivity contribution in [1.82, 2.24) is 14.9 Å². The Balaban J connectivity index is 1.58. The summed E-state index contributed by atoms with van der Waals surface area (Å²) in [5.74, 6) is -0.0346. The number of aromatic nitrogens is 2. The van der Waals surface area contributed by atoms with Crippen molar-refractivity contribution in [3.8, 4) is 0 Å². The predicted octanol–water partition coefficient (Wildman–Crippen LogP) is 4.23. The molecule has 1 atom stereocenters. The van der Waals surface area contributed by atoms with E-state index in [2.05, 4.69) is 23.8 Å². The first kappa shape index (κ1) is 19.8. The maximum Gasteiger partial charge on any atom is 0.262 e. The molecule has 150 valence electrons. The van der Waals surface area contributed by atoms with Gasteiger partial charge in [-0.25, -0.2) is 4.98 Å². The van der Waals surface area contributed by atoms with E-state index in [4.69, 9.17) is 0 Å². The molecule has 1 aliphatic rings. The highest BCUT2D eigenvalue weighted by Crippen LogP contribution is 2.31. The fourth-order valence-electron chi connectivity index (χ4n) is 3.44. The highest BCUT2D eigenvalue weighted by atomic mass is 32.2. The van der Waals surface area contributed by atoms with E-state index >= 15 is 0 Å². The van der Waals surface area contributed by atoms with Gasteiger partial charge in [-0.15, -0.1) is 11.3 Å². The van der Waals surface area contributed by atoms with Crippen LogP contribution in [0.5, 0.6) is 0 Å². The SMILES string of the molecule is CCC(C)Cc1c(C)sc2nc(SCN3C(=O)c4ccccc4C3=O)[nH]c(=O)c12. The number of carbonyl (C=O) groups excluding carboxylic acids is 2. The van der Waals surface area contributed by atoms with Crippen LogP contribution in [0.15, 0.2) is 34.2 Å². The second-order valence-corrected chi connectivity index (χ2v) is 9.40. The summed E-state index contributed by atoms with van der Waals surface area (Å²) in [5.41, 5.74) is 1.74. The molecule has 3 aromatic rings. The van der Waals surface area contributed by atoms with E-state index in [0.717, 1.165) is 23.3 Å². The third kappa shape index (κ3) is 3.51. The summed E-state index contributed by atoms with van der Waals surface area (Å²) in [6, 6.07) is 6.78. The van der Waals surface area contributed by atoms with Gasteiger partial charge in [0.1, 0.15) is 4.83 Å². The molecule has 0 aliphatic carbocycles. The van der Waals surface area contributed by atoms with Gasteiger partial charge in [-0.3, -0.25) is 19.3 Å². The van der Waals surface area contributed by atoms with Crippen LogP contribution >= 0.6 is 23.1 Å². The van der Waals surface area contributed by atoms with E-state index in [0.29, 0.717) is 32.4 Å². The molecule has 8 heteroatoms. The molecule has 1 unspecified atom stereocenters. The lowest BCUT2D eigenvalue weighted by atomic mass is 9.98. The van der Waals surface area contributed by atoms with Crippen molar-refractivity contribution in [2.24, 2.45) is 5.92 Å². The standard InChI is InChI=1S/C21H21N3O3S2/c1-4-11(2)9-15-12(3)29-18-16(15)17(25)22-21(23-18)28-10-24-19(26)13-7-5-6-8-14(13)20(24)27/h5-8,11H,4,9-10H2,1-3H3,(H,22,23,25). The summed E-state index contributed by atoms with van der Waals surface area (Å²) in [6.45, 7) is 6.34. The Morgan fingerprint density at radius 2 is 1.83 bits per heavy atom. The molecule has 1 aliphatic heterocycles. The average Bonchev–Trinajstić information content (AvgIpc) is 3.14. The van der Waals surface area contributed by atoms with Gasteiger partial charge >= 0.3 is 0 Å². The Bertz CT molecular complexity index is 1150. The molecular weight excluding hydrogens is 406 g/mol. The Labute approximate surface area is 176 Å². The number of aromatic amines is 1. The first-order valence-corrected chi connectivity index (χ1v) is 11.3. The van der Waals surface area contributed by atoms with Crippen molar-refractivity contribution in [2.75, 3.05) is 5.88 Å². The van der Waals surface area contributed by atoms with Crippen molar-refractivity contribution in [2.45, 2.75) is 38.8 Å². The number of imide groups is 1. The smallest absolute Gasteiger partial charge is 0.262 e. The van der Waals surface area contributed by atoms with Crippen LogP contribution in [0.2, 0.25) is 0 Å². The molecule has 2 amide bonds. The number of rotatable bonds is 6. The highest BCUT2D eigenvalue weighted by molar-refractivity contribution is 7.99. The molecule has 6 nitrogen and oxygen atoms in total. The minimum absolute atomic E-state index is 0.102. The van der Waals surface area contributed by atoms with Crippen LogP contribution in [-0.2, 0) is 6.42 Å². The zero-order valence-electron chi connectivity index (χ0n) is 16.4. The minimum Gasteiger partial charge on any atom is -0.301 e. The number of thiophene rings is 1. The largest absolute Gasteiger partial charge is 0.301 e. The third-order valence-corrected chi connectivity index (χ3v) is 7.19. The fraction of sp³-hybridized carbons (Fsp3) is 0.333. The number of nitrogens with one attached hydrogen (secondary N) is 1. The number of carbonyl (C=O) groups is 2. The predicted molar refractivity (Wildman–Crippen MR) is 116 cm³/mol. The molecule has 0 saturated carbocycles. The summed E-state index contributed by atoms with van der Waals surface area (Å²) < 4.78 is 0. The summed E-state index contributed by atoms with van der Waals surface area (Å²) in [7, 11) is 0. The molecule has 3 heterocycles. The van der Waals surface area contributed by atoms with Gasteiger partial charge in [0, 0.05) is 4.88 Å². The van der Waals surface area contributed by atoms with E-state index in [9.17, 15) is 14.4 Å².